The Hall–Kier alpha value is -1.91. The summed E-state index contributed by atoms with van der Waals surface area (Å²) >= 11 is 0. The van der Waals surface area contributed by atoms with Crippen molar-refractivity contribution in [1.82, 2.24) is 10.3 Å². The number of hydrogen-bond donors (Lipinski definition) is 2. The summed E-state index contributed by atoms with van der Waals surface area (Å²) < 4.78 is 0. The van der Waals surface area contributed by atoms with E-state index in [-0.39, 0.29) is 17.0 Å². The summed E-state index contributed by atoms with van der Waals surface area (Å²) in [6.45, 7) is 0.594. The Morgan fingerprint density at radius 3 is 2.83 bits per heavy atom. The number of rotatable bonds is 6. The molecule has 0 radical (unpaired) electrons. The second-order valence-corrected chi connectivity index (χ2v) is 4.57. The lowest BCUT2D eigenvalue weighted by Crippen LogP contribution is -2.26. The summed E-state index contributed by atoms with van der Waals surface area (Å²) in [5.41, 5.74) is 0.112. The molecule has 0 unspecified atom stereocenters. The zero-order chi connectivity index (χ0) is 13.0. The number of aromatic carboxylic acids is 1. The molecular formula is C13H16N2O3. The molecule has 1 heterocycles. The molecule has 1 aromatic heterocycles. The Labute approximate surface area is 105 Å². The van der Waals surface area contributed by atoms with E-state index in [9.17, 15) is 9.59 Å². The first kappa shape index (κ1) is 12.5. The number of carboxylic acids is 1. The average molecular weight is 248 g/mol. The minimum Gasteiger partial charge on any atom is -0.478 e. The zero-order valence-electron chi connectivity index (χ0n) is 10.1. The SMILES string of the molecule is O=C(O)c1cnccc1C(=O)NCCCC1CC1. The highest BCUT2D eigenvalue weighted by atomic mass is 16.4. The van der Waals surface area contributed by atoms with Crippen molar-refractivity contribution < 1.29 is 14.7 Å². The highest BCUT2D eigenvalue weighted by molar-refractivity contribution is 6.04. The van der Waals surface area contributed by atoms with E-state index in [1.165, 1.54) is 31.3 Å². The summed E-state index contributed by atoms with van der Waals surface area (Å²) in [5.74, 6) is -0.630. The number of amides is 1. The highest BCUT2D eigenvalue weighted by Crippen LogP contribution is 2.33. The van der Waals surface area contributed by atoms with Gasteiger partial charge in [-0.15, -0.1) is 0 Å². The van der Waals surface area contributed by atoms with Gasteiger partial charge in [-0.2, -0.15) is 0 Å². The number of nitrogens with zero attached hydrogens (tertiary/aromatic N) is 1. The minimum absolute atomic E-state index is 0.0582. The van der Waals surface area contributed by atoms with Gasteiger partial charge in [-0.05, 0) is 24.8 Å². The Morgan fingerprint density at radius 1 is 1.39 bits per heavy atom. The summed E-state index contributed by atoms with van der Waals surface area (Å²) in [7, 11) is 0. The molecule has 1 saturated carbocycles. The van der Waals surface area contributed by atoms with Crippen molar-refractivity contribution in [2.75, 3.05) is 6.54 Å². The molecular weight excluding hydrogens is 232 g/mol. The molecule has 0 spiro atoms. The molecule has 5 nitrogen and oxygen atoms in total. The van der Waals surface area contributed by atoms with Crippen LogP contribution < -0.4 is 5.32 Å². The molecule has 18 heavy (non-hydrogen) atoms. The van der Waals surface area contributed by atoms with Crippen LogP contribution in [0, 0.1) is 5.92 Å². The predicted octanol–water partition coefficient (Wildman–Crippen LogP) is 1.70. The molecule has 1 fully saturated rings. The molecule has 0 aromatic carbocycles. The molecule has 0 saturated heterocycles. The fraction of sp³-hybridized carbons (Fsp3) is 0.462. The molecule has 1 aliphatic rings. The van der Waals surface area contributed by atoms with Gasteiger partial charge < -0.3 is 10.4 Å². The van der Waals surface area contributed by atoms with Gasteiger partial charge in [-0.25, -0.2) is 4.79 Å². The Morgan fingerprint density at radius 2 is 2.17 bits per heavy atom. The van der Waals surface area contributed by atoms with E-state index in [1.807, 2.05) is 0 Å². The van der Waals surface area contributed by atoms with Crippen molar-refractivity contribution in [1.29, 1.82) is 0 Å². The number of nitrogens with one attached hydrogen (secondary N) is 1. The zero-order valence-corrected chi connectivity index (χ0v) is 10.1. The van der Waals surface area contributed by atoms with Crippen LogP contribution in [-0.2, 0) is 0 Å². The second-order valence-electron chi connectivity index (χ2n) is 4.57. The fourth-order valence-electron chi connectivity index (χ4n) is 1.86. The molecule has 1 amide bonds. The van der Waals surface area contributed by atoms with Gasteiger partial charge in [0.2, 0.25) is 0 Å². The van der Waals surface area contributed by atoms with Gasteiger partial charge in [0.1, 0.15) is 0 Å². The molecule has 2 N–H and O–H groups in total. The van der Waals surface area contributed by atoms with Crippen molar-refractivity contribution >= 4 is 11.9 Å². The summed E-state index contributed by atoms with van der Waals surface area (Å²) in [4.78, 5) is 26.5. The van der Waals surface area contributed by atoms with Crippen LogP contribution in [0.2, 0.25) is 0 Å². The van der Waals surface area contributed by atoms with Crippen molar-refractivity contribution in [2.24, 2.45) is 5.92 Å². The maximum absolute atomic E-state index is 11.8. The molecule has 1 aromatic rings. The predicted molar refractivity (Wildman–Crippen MR) is 65.5 cm³/mol. The summed E-state index contributed by atoms with van der Waals surface area (Å²) in [5, 5.41) is 11.7. The van der Waals surface area contributed by atoms with Crippen LogP contribution >= 0.6 is 0 Å². The third-order valence-electron chi connectivity index (χ3n) is 3.07. The van der Waals surface area contributed by atoms with Gasteiger partial charge in [-0.3, -0.25) is 9.78 Å². The standard InChI is InChI=1S/C13H16N2O3/c16-12(15-6-1-2-9-3-4-9)10-5-7-14-8-11(10)13(17)18/h5,7-9H,1-4,6H2,(H,15,16)(H,17,18). The van der Waals surface area contributed by atoms with Crippen molar-refractivity contribution in [2.45, 2.75) is 25.7 Å². The highest BCUT2D eigenvalue weighted by Gasteiger charge is 2.20. The molecule has 0 aliphatic heterocycles. The first-order valence-corrected chi connectivity index (χ1v) is 6.14. The number of carbonyl (C=O) groups is 2. The monoisotopic (exact) mass is 248 g/mol. The number of hydrogen-bond acceptors (Lipinski definition) is 3. The normalized spacial score (nSPS) is 14.2. The third kappa shape index (κ3) is 3.29. The van der Waals surface area contributed by atoms with Crippen molar-refractivity contribution in [3.05, 3.63) is 29.6 Å². The van der Waals surface area contributed by atoms with E-state index < -0.39 is 5.97 Å². The minimum atomic E-state index is -1.13. The first-order chi connectivity index (χ1) is 8.68. The van der Waals surface area contributed by atoms with Gasteiger partial charge in [0.05, 0.1) is 11.1 Å². The number of pyridine rings is 1. The molecule has 5 heteroatoms. The maximum atomic E-state index is 11.8. The Bertz CT molecular complexity index is 455. The van der Waals surface area contributed by atoms with E-state index in [0.29, 0.717) is 6.54 Å². The van der Waals surface area contributed by atoms with Gasteiger partial charge >= 0.3 is 5.97 Å². The van der Waals surface area contributed by atoms with Gasteiger partial charge in [0.15, 0.2) is 0 Å². The van der Waals surface area contributed by atoms with Crippen LogP contribution in [-0.4, -0.2) is 28.5 Å². The van der Waals surface area contributed by atoms with Gasteiger partial charge in [-0.1, -0.05) is 12.8 Å². The van der Waals surface area contributed by atoms with Crippen molar-refractivity contribution in [3.8, 4) is 0 Å². The first-order valence-electron chi connectivity index (χ1n) is 6.14. The molecule has 1 aliphatic carbocycles. The molecule has 96 valence electrons. The summed E-state index contributed by atoms with van der Waals surface area (Å²) in [6.07, 6.45) is 7.32. The number of carbonyl (C=O) groups excluding carboxylic acids is 1. The van der Waals surface area contributed by atoms with Gasteiger partial charge in [0.25, 0.3) is 5.91 Å². The van der Waals surface area contributed by atoms with E-state index >= 15 is 0 Å². The van der Waals surface area contributed by atoms with Gasteiger partial charge in [0, 0.05) is 18.9 Å². The smallest absolute Gasteiger partial charge is 0.338 e. The number of aromatic nitrogens is 1. The van der Waals surface area contributed by atoms with Crippen LogP contribution in [0.25, 0.3) is 0 Å². The lowest BCUT2D eigenvalue weighted by molar-refractivity contribution is 0.0690. The van der Waals surface area contributed by atoms with Crippen LogP contribution in [0.5, 0.6) is 0 Å². The fourth-order valence-corrected chi connectivity index (χ4v) is 1.86. The van der Waals surface area contributed by atoms with Crippen LogP contribution in [0.15, 0.2) is 18.5 Å². The Kier molecular flexibility index (Phi) is 3.92. The molecule has 0 bridgehead atoms. The van der Waals surface area contributed by atoms with E-state index in [2.05, 4.69) is 10.3 Å². The average Bonchev–Trinajstić information content (AvgIpc) is 3.18. The molecule has 2 rings (SSSR count). The van der Waals surface area contributed by atoms with Crippen molar-refractivity contribution in [3.63, 3.8) is 0 Å². The lowest BCUT2D eigenvalue weighted by atomic mass is 10.1. The Balaban J connectivity index is 1.88. The van der Waals surface area contributed by atoms with E-state index in [0.717, 1.165) is 18.8 Å². The van der Waals surface area contributed by atoms with Crippen LogP contribution in [0.1, 0.15) is 46.4 Å². The second kappa shape index (κ2) is 5.62. The number of carboxylic acid groups (broad SMARTS) is 1. The topological polar surface area (TPSA) is 79.3 Å². The van der Waals surface area contributed by atoms with E-state index in [4.69, 9.17) is 5.11 Å². The van der Waals surface area contributed by atoms with E-state index in [1.54, 1.807) is 0 Å². The maximum Gasteiger partial charge on any atom is 0.338 e. The summed E-state index contributed by atoms with van der Waals surface area (Å²) in [6, 6.07) is 1.43. The van der Waals surface area contributed by atoms with Crippen LogP contribution in [0.4, 0.5) is 0 Å². The molecule has 0 atom stereocenters. The lowest BCUT2D eigenvalue weighted by Gasteiger charge is -2.06. The largest absolute Gasteiger partial charge is 0.478 e. The quantitative estimate of drug-likeness (QED) is 0.751. The van der Waals surface area contributed by atoms with Crippen LogP contribution in [0.3, 0.4) is 0 Å². The third-order valence-corrected chi connectivity index (χ3v) is 3.07.